The summed E-state index contributed by atoms with van der Waals surface area (Å²) in [5, 5.41) is 8.87. The van der Waals surface area contributed by atoms with Gasteiger partial charge in [0.2, 0.25) is 10.0 Å². The van der Waals surface area contributed by atoms with Gasteiger partial charge in [0.25, 0.3) is 0 Å². The Morgan fingerprint density at radius 1 is 1.22 bits per heavy atom. The molecule has 1 N–H and O–H groups in total. The number of aromatic carboxylic acids is 1. The Morgan fingerprint density at radius 3 is 2.50 bits per heavy atom. The number of rotatable bonds is 3. The van der Waals surface area contributed by atoms with E-state index in [1.54, 1.807) is 0 Å². The fourth-order valence-corrected chi connectivity index (χ4v) is 3.42. The van der Waals surface area contributed by atoms with Gasteiger partial charge in [-0.15, -0.1) is 0 Å². The molecular formula is C12H14NO4S. The van der Waals surface area contributed by atoms with Crippen LogP contribution in [0.1, 0.15) is 23.2 Å². The topological polar surface area (TPSA) is 74.7 Å². The van der Waals surface area contributed by atoms with Crippen molar-refractivity contribution in [1.82, 2.24) is 4.31 Å². The van der Waals surface area contributed by atoms with E-state index in [9.17, 15) is 13.2 Å². The van der Waals surface area contributed by atoms with E-state index < -0.39 is 16.0 Å². The van der Waals surface area contributed by atoms with Gasteiger partial charge < -0.3 is 5.11 Å². The molecule has 0 spiro atoms. The van der Waals surface area contributed by atoms with Crippen LogP contribution in [0.3, 0.4) is 0 Å². The van der Waals surface area contributed by atoms with Crippen LogP contribution < -0.4 is 0 Å². The monoisotopic (exact) mass is 268 g/mol. The third-order valence-corrected chi connectivity index (χ3v) is 4.78. The summed E-state index contributed by atoms with van der Waals surface area (Å²) < 4.78 is 26.0. The average Bonchev–Trinajstić information content (AvgIpc) is 2.40. The lowest BCUT2D eigenvalue weighted by molar-refractivity contribution is 0.0696. The molecule has 6 heteroatoms. The number of piperidine rings is 1. The molecule has 0 bridgehead atoms. The number of hydrogen-bond acceptors (Lipinski definition) is 3. The van der Waals surface area contributed by atoms with E-state index >= 15 is 0 Å². The predicted octanol–water partition coefficient (Wildman–Crippen LogP) is 1.37. The first kappa shape index (κ1) is 13.0. The summed E-state index contributed by atoms with van der Waals surface area (Å²) in [5.74, 6) is -1.13. The molecule has 0 unspecified atom stereocenters. The first-order valence-electron chi connectivity index (χ1n) is 5.67. The second-order valence-corrected chi connectivity index (χ2v) is 6.04. The summed E-state index contributed by atoms with van der Waals surface area (Å²) in [6, 6.07) is 5.47. The largest absolute Gasteiger partial charge is 0.478 e. The van der Waals surface area contributed by atoms with Crippen molar-refractivity contribution in [2.45, 2.75) is 17.7 Å². The fraction of sp³-hybridized carbons (Fsp3) is 0.333. The van der Waals surface area contributed by atoms with Gasteiger partial charge in [0.05, 0.1) is 10.5 Å². The van der Waals surface area contributed by atoms with Crippen LogP contribution in [0.5, 0.6) is 0 Å². The maximum absolute atomic E-state index is 12.3. The normalized spacial score (nSPS) is 17.6. The highest BCUT2D eigenvalue weighted by atomic mass is 32.2. The average molecular weight is 268 g/mol. The van der Waals surface area contributed by atoms with E-state index in [0.29, 0.717) is 13.1 Å². The van der Waals surface area contributed by atoms with E-state index in [0.717, 1.165) is 12.8 Å². The third-order valence-electron chi connectivity index (χ3n) is 2.88. The van der Waals surface area contributed by atoms with Crippen molar-refractivity contribution in [3.8, 4) is 0 Å². The summed E-state index contributed by atoms with van der Waals surface area (Å²) >= 11 is 0. The minimum Gasteiger partial charge on any atom is -0.478 e. The number of sulfonamides is 1. The molecule has 1 aromatic rings. The molecule has 1 aliphatic heterocycles. The first-order chi connectivity index (χ1) is 8.51. The first-order valence-corrected chi connectivity index (χ1v) is 7.11. The number of hydrogen-bond donors (Lipinski definition) is 1. The standard InChI is InChI=1S/C12H14NO4S/c14-12(15)10-5-4-6-11(9-10)18(16,17)13-7-2-1-3-8-13/h1,4-6,9H,2-3,7-8H2,(H,14,15). The number of nitrogens with zero attached hydrogens (tertiary/aromatic N) is 1. The van der Waals surface area contributed by atoms with Crippen LogP contribution >= 0.6 is 0 Å². The second kappa shape index (κ2) is 5.07. The van der Waals surface area contributed by atoms with Crippen molar-refractivity contribution in [2.24, 2.45) is 0 Å². The van der Waals surface area contributed by atoms with Crippen LogP contribution in [0.25, 0.3) is 0 Å². The fourth-order valence-electron chi connectivity index (χ4n) is 1.91. The Labute approximate surface area is 106 Å². The van der Waals surface area contributed by atoms with Crippen LogP contribution in [-0.2, 0) is 10.0 Å². The summed E-state index contributed by atoms with van der Waals surface area (Å²) in [6.07, 6.45) is 3.52. The highest BCUT2D eigenvalue weighted by molar-refractivity contribution is 7.89. The molecule has 1 radical (unpaired) electrons. The summed E-state index contributed by atoms with van der Waals surface area (Å²) in [6.45, 7) is 0.916. The Morgan fingerprint density at radius 2 is 1.89 bits per heavy atom. The number of benzene rings is 1. The van der Waals surface area contributed by atoms with Gasteiger partial charge >= 0.3 is 5.97 Å². The molecule has 2 rings (SSSR count). The number of carboxylic acids is 1. The van der Waals surface area contributed by atoms with Gasteiger partial charge in [-0.25, -0.2) is 13.2 Å². The molecular weight excluding hydrogens is 254 g/mol. The van der Waals surface area contributed by atoms with Crippen LogP contribution in [0, 0.1) is 6.42 Å². The van der Waals surface area contributed by atoms with Crippen molar-refractivity contribution in [1.29, 1.82) is 0 Å². The molecule has 5 nitrogen and oxygen atoms in total. The van der Waals surface area contributed by atoms with Gasteiger partial charge in [-0.3, -0.25) is 0 Å². The zero-order chi connectivity index (χ0) is 13.2. The highest BCUT2D eigenvalue weighted by Crippen LogP contribution is 2.20. The lowest BCUT2D eigenvalue weighted by Crippen LogP contribution is -2.35. The minimum absolute atomic E-state index is 0.0142. The van der Waals surface area contributed by atoms with Crippen molar-refractivity contribution in [2.75, 3.05) is 13.1 Å². The van der Waals surface area contributed by atoms with Gasteiger partial charge in [0.15, 0.2) is 0 Å². The minimum atomic E-state index is -3.57. The van der Waals surface area contributed by atoms with E-state index in [1.165, 1.54) is 28.6 Å². The Kier molecular flexibility index (Phi) is 3.68. The summed E-state index contributed by atoms with van der Waals surface area (Å²) in [5.41, 5.74) is -0.0142. The zero-order valence-corrected chi connectivity index (χ0v) is 10.6. The van der Waals surface area contributed by atoms with Gasteiger partial charge in [-0.05, 0) is 37.5 Å². The molecule has 1 saturated heterocycles. The molecule has 0 aliphatic carbocycles. The lowest BCUT2D eigenvalue weighted by Gasteiger charge is -2.25. The van der Waals surface area contributed by atoms with E-state index in [2.05, 4.69) is 6.42 Å². The van der Waals surface area contributed by atoms with E-state index in [1.807, 2.05) is 0 Å². The number of carbonyl (C=O) groups is 1. The Balaban J connectivity index is 2.34. The zero-order valence-electron chi connectivity index (χ0n) is 9.74. The van der Waals surface area contributed by atoms with Crippen molar-refractivity contribution in [3.63, 3.8) is 0 Å². The number of carboxylic acid groups (broad SMARTS) is 1. The van der Waals surface area contributed by atoms with Crippen molar-refractivity contribution < 1.29 is 18.3 Å². The molecule has 0 atom stereocenters. The molecule has 1 aromatic carbocycles. The smallest absolute Gasteiger partial charge is 0.335 e. The maximum Gasteiger partial charge on any atom is 0.335 e. The molecule has 1 fully saturated rings. The Hall–Kier alpha value is -1.40. The second-order valence-electron chi connectivity index (χ2n) is 4.10. The van der Waals surface area contributed by atoms with Gasteiger partial charge in [-0.1, -0.05) is 6.07 Å². The quantitative estimate of drug-likeness (QED) is 0.898. The van der Waals surface area contributed by atoms with Gasteiger partial charge in [0.1, 0.15) is 0 Å². The van der Waals surface area contributed by atoms with Gasteiger partial charge in [0, 0.05) is 13.1 Å². The van der Waals surface area contributed by atoms with Crippen LogP contribution in [0.2, 0.25) is 0 Å². The summed E-state index contributed by atoms with van der Waals surface area (Å²) in [4.78, 5) is 10.9. The highest BCUT2D eigenvalue weighted by Gasteiger charge is 2.26. The van der Waals surface area contributed by atoms with E-state index in [4.69, 9.17) is 5.11 Å². The molecule has 97 valence electrons. The Bertz CT molecular complexity index is 547. The molecule has 0 amide bonds. The van der Waals surface area contributed by atoms with Crippen LogP contribution in [0.4, 0.5) is 0 Å². The lowest BCUT2D eigenvalue weighted by atomic mass is 10.2. The van der Waals surface area contributed by atoms with Crippen LogP contribution in [-0.4, -0.2) is 36.9 Å². The van der Waals surface area contributed by atoms with Crippen molar-refractivity contribution >= 4 is 16.0 Å². The maximum atomic E-state index is 12.3. The van der Waals surface area contributed by atoms with E-state index in [-0.39, 0.29) is 10.5 Å². The van der Waals surface area contributed by atoms with Crippen molar-refractivity contribution in [3.05, 3.63) is 36.2 Å². The van der Waals surface area contributed by atoms with Gasteiger partial charge in [-0.2, -0.15) is 4.31 Å². The SMILES string of the molecule is O=C(O)c1cccc(S(=O)(=O)N2CC[CH]CC2)c1. The van der Waals surface area contributed by atoms with Crippen LogP contribution in [0.15, 0.2) is 29.2 Å². The molecule has 18 heavy (non-hydrogen) atoms. The predicted molar refractivity (Wildman–Crippen MR) is 65.7 cm³/mol. The molecule has 0 saturated carbocycles. The molecule has 1 aliphatic rings. The summed E-state index contributed by atoms with van der Waals surface area (Å²) in [7, 11) is -3.57. The molecule has 0 aromatic heterocycles. The third kappa shape index (κ3) is 2.54. The molecule has 1 heterocycles.